The van der Waals surface area contributed by atoms with Crippen molar-refractivity contribution in [1.82, 2.24) is 0 Å². The Hall–Kier alpha value is -1.70. The molecule has 2 saturated carbocycles. The average molecular weight is 238 g/mol. The standard InChI is InChI=1S/C16H14O2/c17-13-5-7-15(12-4-2-1-3-11(12)13)8-6-14(18)16(15)9-10-16/h1-5,7H,6,8-10H2. The number of fused-ring (bicyclic) bond motifs is 3. The fraction of sp³-hybridized carbons (Fsp3) is 0.375. The molecule has 0 aliphatic heterocycles. The van der Waals surface area contributed by atoms with Crippen LogP contribution in [0.1, 0.15) is 41.6 Å². The number of Topliss-reactive ketones (excluding diaryl/α,β-unsaturated/α-hetero) is 1. The lowest BCUT2D eigenvalue weighted by molar-refractivity contribution is -0.122. The predicted octanol–water partition coefficient (Wildman–Crippen LogP) is 2.82. The third-order valence-corrected chi connectivity index (χ3v) is 5.08. The normalized spacial score (nSPS) is 31.1. The highest BCUT2D eigenvalue weighted by atomic mass is 16.1. The Bertz CT molecular complexity index is 607. The second-order valence-electron chi connectivity index (χ2n) is 5.72. The Kier molecular flexibility index (Phi) is 1.71. The van der Waals surface area contributed by atoms with Gasteiger partial charge in [-0.25, -0.2) is 0 Å². The van der Waals surface area contributed by atoms with Gasteiger partial charge >= 0.3 is 0 Å². The summed E-state index contributed by atoms with van der Waals surface area (Å²) >= 11 is 0. The number of rotatable bonds is 0. The molecule has 18 heavy (non-hydrogen) atoms. The number of ketones is 2. The first-order valence-electron chi connectivity index (χ1n) is 6.56. The van der Waals surface area contributed by atoms with E-state index in [4.69, 9.17) is 0 Å². The van der Waals surface area contributed by atoms with Gasteiger partial charge in [0.1, 0.15) is 5.78 Å². The highest BCUT2D eigenvalue weighted by Crippen LogP contribution is 2.68. The van der Waals surface area contributed by atoms with Gasteiger partial charge in [-0.05, 0) is 30.9 Å². The highest BCUT2D eigenvalue weighted by molar-refractivity contribution is 6.08. The van der Waals surface area contributed by atoms with Gasteiger partial charge in [-0.2, -0.15) is 0 Å². The highest BCUT2D eigenvalue weighted by Gasteiger charge is 2.67. The van der Waals surface area contributed by atoms with E-state index in [-0.39, 0.29) is 16.6 Å². The van der Waals surface area contributed by atoms with E-state index in [1.807, 2.05) is 30.3 Å². The summed E-state index contributed by atoms with van der Waals surface area (Å²) in [6.07, 6.45) is 7.20. The van der Waals surface area contributed by atoms with Crippen molar-refractivity contribution in [2.75, 3.05) is 0 Å². The number of benzene rings is 1. The van der Waals surface area contributed by atoms with E-state index in [0.717, 1.165) is 30.4 Å². The fourth-order valence-corrected chi connectivity index (χ4v) is 4.01. The first-order valence-corrected chi connectivity index (χ1v) is 6.56. The third-order valence-electron chi connectivity index (χ3n) is 5.08. The van der Waals surface area contributed by atoms with Crippen LogP contribution in [0.4, 0.5) is 0 Å². The molecular weight excluding hydrogens is 224 g/mol. The molecule has 0 amide bonds. The van der Waals surface area contributed by atoms with Crippen molar-refractivity contribution in [3.63, 3.8) is 0 Å². The second-order valence-corrected chi connectivity index (χ2v) is 5.72. The molecule has 0 N–H and O–H groups in total. The minimum atomic E-state index is -0.186. The Labute approximate surface area is 106 Å². The molecule has 3 aliphatic rings. The molecule has 4 rings (SSSR count). The van der Waals surface area contributed by atoms with E-state index in [1.54, 1.807) is 6.08 Å². The van der Waals surface area contributed by atoms with E-state index >= 15 is 0 Å². The van der Waals surface area contributed by atoms with Gasteiger partial charge in [0, 0.05) is 22.8 Å². The Balaban J connectivity index is 2.00. The molecule has 0 heterocycles. The van der Waals surface area contributed by atoms with E-state index in [0.29, 0.717) is 12.2 Å². The first kappa shape index (κ1) is 10.2. The molecule has 2 spiro atoms. The van der Waals surface area contributed by atoms with Gasteiger partial charge in [0.25, 0.3) is 0 Å². The van der Waals surface area contributed by atoms with Crippen LogP contribution in [0.3, 0.4) is 0 Å². The van der Waals surface area contributed by atoms with E-state index in [1.165, 1.54) is 0 Å². The number of hydrogen-bond donors (Lipinski definition) is 0. The number of hydrogen-bond acceptors (Lipinski definition) is 2. The molecule has 0 bridgehead atoms. The lowest BCUT2D eigenvalue weighted by atomic mass is 9.65. The van der Waals surface area contributed by atoms with Crippen LogP contribution in [0.2, 0.25) is 0 Å². The monoisotopic (exact) mass is 238 g/mol. The van der Waals surface area contributed by atoms with Gasteiger partial charge in [0.2, 0.25) is 0 Å². The van der Waals surface area contributed by atoms with Crippen LogP contribution in [0.25, 0.3) is 0 Å². The Morgan fingerprint density at radius 1 is 1.00 bits per heavy atom. The van der Waals surface area contributed by atoms with Crippen molar-refractivity contribution in [2.24, 2.45) is 5.41 Å². The maximum absolute atomic E-state index is 12.2. The van der Waals surface area contributed by atoms with Gasteiger partial charge < -0.3 is 0 Å². The minimum absolute atomic E-state index is 0.0753. The maximum atomic E-state index is 12.2. The summed E-state index contributed by atoms with van der Waals surface area (Å²) in [4.78, 5) is 24.2. The molecule has 1 aromatic rings. The second kappa shape index (κ2) is 3.00. The van der Waals surface area contributed by atoms with Crippen molar-refractivity contribution < 1.29 is 9.59 Å². The quantitative estimate of drug-likeness (QED) is 0.696. The summed E-state index contributed by atoms with van der Waals surface area (Å²) in [6.45, 7) is 0. The Morgan fingerprint density at radius 2 is 1.78 bits per heavy atom. The molecular formula is C16H14O2. The summed E-state index contributed by atoms with van der Waals surface area (Å²) in [7, 11) is 0. The zero-order valence-electron chi connectivity index (χ0n) is 10.1. The van der Waals surface area contributed by atoms with Crippen molar-refractivity contribution >= 4 is 11.6 Å². The minimum Gasteiger partial charge on any atom is -0.299 e. The van der Waals surface area contributed by atoms with Crippen molar-refractivity contribution in [3.8, 4) is 0 Å². The van der Waals surface area contributed by atoms with Crippen molar-refractivity contribution in [1.29, 1.82) is 0 Å². The number of carbonyl (C=O) groups is 2. The first-order chi connectivity index (χ1) is 8.70. The molecule has 90 valence electrons. The third kappa shape index (κ3) is 0.961. The van der Waals surface area contributed by atoms with Crippen LogP contribution >= 0.6 is 0 Å². The van der Waals surface area contributed by atoms with E-state index in [9.17, 15) is 9.59 Å². The fourth-order valence-electron chi connectivity index (χ4n) is 4.01. The molecule has 0 radical (unpaired) electrons. The lowest BCUT2D eigenvalue weighted by Crippen LogP contribution is -2.36. The molecule has 0 saturated heterocycles. The summed E-state index contributed by atoms with van der Waals surface area (Å²) in [5.74, 6) is 0.475. The maximum Gasteiger partial charge on any atom is 0.185 e. The number of carbonyl (C=O) groups excluding carboxylic acids is 2. The molecule has 0 aromatic heterocycles. The lowest BCUT2D eigenvalue weighted by Gasteiger charge is -2.36. The number of allylic oxidation sites excluding steroid dienone is 2. The van der Waals surface area contributed by atoms with Crippen LogP contribution in [0.5, 0.6) is 0 Å². The van der Waals surface area contributed by atoms with E-state index < -0.39 is 0 Å². The van der Waals surface area contributed by atoms with Crippen LogP contribution in [-0.2, 0) is 10.2 Å². The molecule has 2 fully saturated rings. The molecule has 3 aliphatic carbocycles. The summed E-state index contributed by atoms with van der Waals surface area (Å²) < 4.78 is 0. The Morgan fingerprint density at radius 3 is 2.56 bits per heavy atom. The van der Waals surface area contributed by atoms with Gasteiger partial charge in [-0.15, -0.1) is 0 Å². The van der Waals surface area contributed by atoms with Gasteiger partial charge in [0.05, 0.1) is 0 Å². The summed E-state index contributed by atoms with van der Waals surface area (Å²) in [6, 6.07) is 7.81. The molecule has 1 aromatic carbocycles. The van der Waals surface area contributed by atoms with Crippen LogP contribution in [-0.4, -0.2) is 11.6 Å². The SMILES string of the molecule is O=C1C=CC2(CCC(=O)C23CC3)c2ccccc21. The zero-order valence-corrected chi connectivity index (χ0v) is 10.1. The smallest absolute Gasteiger partial charge is 0.185 e. The van der Waals surface area contributed by atoms with Crippen molar-refractivity contribution in [3.05, 3.63) is 47.5 Å². The van der Waals surface area contributed by atoms with Crippen LogP contribution < -0.4 is 0 Å². The van der Waals surface area contributed by atoms with E-state index in [2.05, 4.69) is 0 Å². The summed E-state index contributed by atoms with van der Waals surface area (Å²) in [5, 5.41) is 0. The predicted molar refractivity (Wildman–Crippen MR) is 67.5 cm³/mol. The van der Waals surface area contributed by atoms with Crippen LogP contribution in [0, 0.1) is 5.41 Å². The molecule has 2 heteroatoms. The topological polar surface area (TPSA) is 34.1 Å². The largest absolute Gasteiger partial charge is 0.299 e. The zero-order chi connectivity index (χ0) is 12.4. The van der Waals surface area contributed by atoms with Crippen molar-refractivity contribution in [2.45, 2.75) is 31.1 Å². The van der Waals surface area contributed by atoms with Gasteiger partial charge in [0.15, 0.2) is 5.78 Å². The average Bonchev–Trinajstić information content (AvgIpc) is 3.15. The summed E-state index contributed by atoms with van der Waals surface area (Å²) in [5.41, 5.74) is 1.51. The van der Waals surface area contributed by atoms with Gasteiger partial charge in [-0.1, -0.05) is 30.3 Å². The molecule has 1 unspecified atom stereocenters. The molecule has 1 atom stereocenters. The molecule has 2 nitrogen and oxygen atoms in total. The van der Waals surface area contributed by atoms with Crippen LogP contribution in [0.15, 0.2) is 36.4 Å². The van der Waals surface area contributed by atoms with Gasteiger partial charge in [-0.3, -0.25) is 9.59 Å².